The highest BCUT2D eigenvalue weighted by atomic mass is 19.4. The number of carboxylic acid groups (broad SMARTS) is 1. The third-order valence-corrected chi connectivity index (χ3v) is 2.82. The minimum atomic E-state index is -4.55. The molecule has 3 N–H and O–H groups in total. The van der Waals surface area contributed by atoms with Gasteiger partial charge in [-0.1, -0.05) is 0 Å². The first-order chi connectivity index (χ1) is 8.62. The number of piperidine rings is 1. The molecule has 2 amide bonds. The first-order valence-electron chi connectivity index (χ1n) is 5.53. The van der Waals surface area contributed by atoms with Crippen molar-refractivity contribution in [2.24, 2.45) is 5.92 Å². The van der Waals surface area contributed by atoms with Gasteiger partial charge in [0, 0.05) is 0 Å². The summed E-state index contributed by atoms with van der Waals surface area (Å²) in [6.07, 6.45) is -5.23. The molecular weight excluding hydrogens is 269 g/mol. The predicted octanol–water partition coefficient (Wildman–Crippen LogP) is 0.0328. The van der Waals surface area contributed by atoms with E-state index in [1.54, 1.807) is 5.32 Å². The number of hydrogen-bond acceptors (Lipinski definition) is 3. The number of amides is 2. The Hall–Kier alpha value is -1.80. The van der Waals surface area contributed by atoms with Gasteiger partial charge in [0.1, 0.15) is 18.0 Å². The van der Waals surface area contributed by atoms with E-state index in [0.717, 1.165) is 0 Å². The van der Waals surface area contributed by atoms with Crippen molar-refractivity contribution in [1.82, 2.24) is 10.6 Å². The minimum absolute atomic E-state index is 0.270. The third-order valence-electron chi connectivity index (χ3n) is 2.82. The monoisotopic (exact) mass is 282 g/mol. The van der Waals surface area contributed by atoms with Crippen molar-refractivity contribution in [3.8, 4) is 0 Å². The zero-order valence-corrected chi connectivity index (χ0v) is 9.95. The smallest absolute Gasteiger partial charge is 0.408 e. The summed E-state index contributed by atoms with van der Waals surface area (Å²) < 4.78 is 37.1. The Labute approximate surface area is 106 Å². The van der Waals surface area contributed by atoms with Crippen molar-refractivity contribution in [3.05, 3.63) is 0 Å². The van der Waals surface area contributed by atoms with Gasteiger partial charge in [-0.05, 0) is 19.8 Å². The van der Waals surface area contributed by atoms with Crippen LogP contribution in [0, 0.1) is 5.92 Å². The molecule has 108 valence electrons. The molecule has 3 atom stereocenters. The summed E-state index contributed by atoms with van der Waals surface area (Å²) in [5.41, 5.74) is 0. The number of alkyl halides is 3. The standard InChI is InChI=1S/C10H13F3N2O4/c1-4(9(18)19)14-7(16)5-2-3-6(10(11,12)13)15-8(5)17/h4-6H,2-3H2,1H3,(H,14,16)(H,15,17)(H,18,19)/t4-,5?,6?/m1/s1. The number of carboxylic acids is 1. The summed E-state index contributed by atoms with van der Waals surface area (Å²) in [7, 11) is 0. The Morgan fingerprint density at radius 1 is 1.42 bits per heavy atom. The van der Waals surface area contributed by atoms with Crippen LogP contribution in [-0.2, 0) is 14.4 Å². The molecule has 19 heavy (non-hydrogen) atoms. The van der Waals surface area contributed by atoms with E-state index in [-0.39, 0.29) is 6.42 Å². The molecule has 0 aromatic rings. The highest BCUT2D eigenvalue weighted by molar-refractivity contribution is 6.01. The predicted molar refractivity (Wildman–Crippen MR) is 56.0 cm³/mol. The number of carbonyl (C=O) groups excluding carboxylic acids is 2. The molecule has 0 aliphatic carbocycles. The third kappa shape index (κ3) is 3.83. The number of carbonyl (C=O) groups is 3. The highest BCUT2D eigenvalue weighted by Gasteiger charge is 2.46. The van der Waals surface area contributed by atoms with Crippen molar-refractivity contribution in [1.29, 1.82) is 0 Å². The van der Waals surface area contributed by atoms with Crippen molar-refractivity contribution in [2.75, 3.05) is 0 Å². The fourth-order valence-electron chi connectivity index (χ4n) is 1.68. The lowest BCUT2D eigenvalue weighted by atomic mass is 9.92. The number of aliphatic carboxylic acids is 1. The van der Waals surface area contributed by atoms with Crippen LogP contribution in [0.4, 0.5) is 13.2 Å². The fourth-order valence-corrected chi connectivity index (χ4v) is 1.68. The molecule has 1 saturated heterocycles. The first kappa shape index (κ1) is 15.3. The van der Waals surface area contributed by atoms with Crippen molar-refractivity contribution < 1.29 is 32.7 Å². The van der Waals surface area contributed by atoms with E-state index in [1.807, 2.05) is 0 Å². The lowest BCUT2D eigenvalue weighted by Gasteiger charge is -2.30. The summed E-state index contributed by atoms with van der Waals surface area (Å²) in [6, 6.07) is -3.17. The quantitative estimate of drug-likeness (QED) is 0.636. The second-order valence-corrected chi connectivity index (χ2v) is 4.30. The van der Waals surface area contributed by atoms with Gasteiger partial charge in [-0.25, -0.2) is 0 Å². The van der Waals surface area contributed by atoms with E-state index < -0.39 is 48.4 Å². The van der Waals surface area contributed by atoms with E-state index in [4.69, 9.17) is 5.11 Å². The topological polar surface area (TPSA) is 95.5 Å². The van der Waals surface area contributed by atoms with Crippen LogP contribution in [0.5, 0.6) is 0 Å². The summed E-state index contributed by atoms with van der Waals surface area (Å²) in [5.74, 6) is -4.50. The molecule has 0 saturated carbocycles. The van der Waals surface area contributed by atoms with E-state index in [9.17, 15) is 27.6 Å². The van der Waals surface area contributed by atoms with Gasteiger partial charge in [-0.15, -0.1) is 0 Å². The van der Waals surface area contributed by atoms with Crippen LogP contribution in [0.1, 0.15) is 19.8 Å². The lowest BCUT2D eigenvalue weighted by Crippen LogP contribution is -2.55. The zero-order valence-electron chi connectivity index (χ0n) is 9.95. The van der Waals surface area contributed by atoms with Gasteiger partial charge in [0.25, 0.3) is 0 Å². The van der Waals surface area contributed by atoms with Crippen LogP contribution < -0.4 is 10.6 Å². The number of nitrogens with one attached hydrogen (secondary N) is 2. The molecule has 0 aromatic carbocycles. The average Bonchev–Trinajstić information content (AvgIpc) is 2.27. The normalized spacial score (nSPS) is 25.4. The summed E-state index contributed by atoms with van der Waals surface area (Å²) in [4.78, 5) is 33.5. The Bertz CT molecular complexity index is 397. The number of rotatable bonds is 3. The Kier molecular flexibility index (Phi) is 4.38. The maximum Gasteiger partial charge on any atom is 0.408 e. The van der Waals surface area contributed by atoms with Gasteiger partial charge in [-0.2, -0.15) is 13.2 Å². The van der Waals surface area contributed by atoms with Gasteiger partial charge in [0.15, 0.2) is 0 Å². The SMILES string of the molecule is C[C@@H](NC(=O)C1CCC(C(F)(F)F)NC1=O)C(=O)O. The Morgan fingerprint density at radius 2 is 2.00 bits per heavy atom. The first-order valence-corrected chi connectivity index (χ1v) is 5.53. The number of halogens is 3. The van der Waals surface area contributed by atoms with E-state index in [1.165, 1.54) is 6.92 Å². The Morgan fingerprint density at radius 3 is 2.42 bits per heavy atom. The van der Waals surface area contributed by atoms with Crippen LogP contribution >= 0.6 is 0 Å². The largest absolute Gasteiger partial charge is 0.480 e. The molecule has 0 bridgehead atoms. The van der Waals surface area contributed by atoms with Crippen molar-refractivity contribution in [3.63, 3.8) is 0 Å². The molecule has 1 aliphatic rings. The lowest BCUT2D eigenvalue weighted by molar-refractivity contribution is -0.171. The summed E-state index contributed by atoms with van der Waals surface area (Å²) >= 11 is 0. The minimum Gasteiger partial charge on any atom is -0.480 e. The van der Waals surface area contributed by atoms with E-state index in [2.05, 4.69) is 5.32 Å². The van der Waals surface area contributed by atoms with Crippen molar-refractivity contribution >= 4 is 17.8 Å². The van der Waals surface area contributed by atoms with Crippen LogP contribution in [0.15, 0.2) is 0 Å². The Balaban J connectivity index is 2.61. The van der Waals surface area contributed by atoms with Gasteiger partial charge in [0.05, 0.1) is 0 Å². The van der Waals surface area contributed by atoms with Gasteiger partial charge in [0.2, 0.25) is 11.8 Å². The molecule has 0 spiro atoms. The molecule has 1 rings (SSSR count). The maximum absolute atomic E-state index is 12.4. The summed E-state index contributed by atoms with van der Waals surface area (Å²) in [6.45, 7) is 1.19. The maximum atomic E-state index is 12.4. The van der Waals surface area contributed by atoms with Crippen LogP contribution in [0.2, 0.25) is 0 Å². The number of hydrogen-bond donors (Lipinski definition) is 3. The molecule has 1 aliphatic heterocycles. The molecule has 6 nitrogen and oxygen atoms in total. The van der Waals surface area contributed by atoms with Crippen molar-refractivity contribution in [2.45, 2.75) is 38.0 Å². The zero-order chi connectivity index (χ0) is 14.8. The molecule has 0 radical (unpaired) electrons. The molecule has 0 aromatic heterocycles. The molecular formula is C10H13F3N2O4. The van der Waals surface area contributed by atoms with Gasteiger partial charge < -0.3 is 15.7 Å². The van der Waals surface area contributed by atoms with Crippen LogP contribution in [0.3, 0.4) is 0 Å². The van der Waals surface area contributed by atoms with Crippen LogP contribution in [-0.4, -0.2) is 41.2 Å². The highest BCUT2D eigenvalue weighted by Crippen LogP contribution is 2.28. The molecule has 2 unspecified atom stereocenters. The van der Waals surface area contributed by atoms with E-state index >= 15 is 0 Å². The second kappa shape index (κ2) is 5.45. The average molecular weight is 282 g/mol. The molecule has 1 heterocycles. The van der Waals surface area contributed by atoms with Gasteiger partial charge >= 0.3 is 12.1 Å². The van der Waals surface area contributed by atoms with Gasteiger partial charge in [-0.3, -0.25) is 14.4 Å². The van der Waals surface area contributed by atoms with E-state index in [0.29, 0.717) is 0 Å². The molecule has 1 fully saturated rings. The fraction of sp³-hybridized carbons (Fsp3) is 0.700. The second-order valence-electron chi connectivity index (χ2n) is 4.30. The molecule has 9 heteroatoms. The van der Waals surface area contributed by atoms with Crippen LogP contribution in [0.25, 0.3) is 0 Å². The summed E-state index contributed by atoms with van der Waals surface area (Å²) in [5, 5.41) is 12.3.